The summed E-state index contributed by atoms with van der Waals surface area (Å²) in [6.45, 7) is 3.89. The highest BCUT2D eigenvalue weighted by atomic mass is 32.1. The Morgan fingerprint density at radius 2 is 1.70 bits per heavy atom. The first-order chi connectivity index (χ1) is 22.4. The SMILES string of the molecule is COc1cc(OC)cc(N(N=Cc2ccc(Oc3ccnc4cc(OCCCN5CCCCC5)c(OC)cc34)c(F)c2)C(N)=S)c1. The molecule has 242 valence electrons. The van der Waals surface area contributed by atoms with Gasteiger partial charge >= 0.3 is 0 Å². The van der Waals surface area contributed by atoms with E-state index in [1.807, 2.05) is 6.07 Å². The lowest BCUT2D eigenvalue weighted by Gasteiger charge is -2.26. The molecule has 12 heteroatoms. The van der Waals surface area contributed by atoms with Crippen LogP contribution in [-0.2, 0) is 0 Å². The highest BCUT2D eigenvalue weighted by molar-refractivity contribution is 7.80. The van der Waals surface area contributed by atoms with Crippen molar-refractivity contribution >= 4 is 40.1 Å². The number of piperidine rings is 1. The third-order valence-electron chi connectivity index (χ3n) is 7.60. The van der Waals surface area contributed by atoms with Gasteiger partial charge in [0.05, 0.1) is 45.4 Å². The maximum absolute atomic E-state index is 15.3. The Morgan fingerprint density at radius 1 is 0.935 bits per heavy atom. The van der Waals surface area contributed by atoms with Gasteiger partial charge in [0.15, 0.2) is 28.2 Å². The normalized spacial score (nSPS) is 13.5. The van der Waals surface area contributed by atoms with Crippen molar-refractivity contribution in [2.24, 2.45) is 10.8 Å². The van der Waals surface area contributed by atoms with Gasteiger partial charge in [-0.25, -0.2) is 9.40 Å². The van der Waals surface area contributed by atoms with E-state index in [1.165, 1.54) is 56.8 Å². The Morgan fingerprint density at radius 3 is 2.37 bits per heavy atom. The molecule has 10 nitrogen and oxygen atoms in total. The number of benzene rings is 3. The summed E-state index contributed by atoms with van der Waals surface area (Å²) in [5, 5.41) is 6.34. The number of nitrogens with two attached hydrogens (primary N) is 1. The molecule has 46 heavy (non-hydrogen) atoms. The molecule has 0 bridgehead atoms. The van der Waals surface area contributed by atoms with Crippen LogP contribution in [0, 0.1) is 5.82 Å². The molecule has 3 aromatic carbocycles. The molecule has 4 aromatic rings. The van der Waals surface area contributed by atoms with Crippen LogP contribution in [0.2, 0.25) is 0 Å². The number of methoxy groups -OCH3 is 3. The molecule has 1 aliphatic heterocycles. The zero-order valence-corrected chi connectivity index (χ0v) is 27.0. The van der Waals surface area contributed by atoms with E-state index in [-0.39, 0.29) is 10.9 Å². The lowest BCUT2D eigenvalue weighted by atomic mass is 10.1. The summed E-state index contributed by atoms with van der Waals surface area (Å²) in [5.74, 6) is 2.09. The number of fused-ring (bicyclic) bond motifs is 1. The van der Waals surface area contributed by atoms with Crippen LogP contribution in [0.1, 0.15) is 31.2 Å². The molecule has 1 aromatic heterocycles. The van der Waals surface area contributed by atoms with Gasteiger partial charge < -0.3 is 34.3 Å². The quantitative estimate of drug-likeness (QED) is 0.0746. The number of likely N-dealkylation sites (tertiary alicyclic amines) is 1. The van der Waals surface area contributed by atoms with Crippen molar-refractivity contribution in [1.29, 1.82) is 0 Å². The van der Waals surface area contributed by atoms with Crippen LogP contribution in [0.5, 0.6) is 34.5 Å². The van der Waals surface area contributed by atoms with Gasteiger partial charge in [-0.05, 0) is 80.5 Å². The summed E-state index contributed by atoms with van der Waals surface area (Å²) >= 11 is 5.20. The van der Waals surface area contributed by atoms with Crippen molar-refractivity contribution in [3.05, 3.63) is 72.2 Å². The molecular weight excluding hydrogens is 609 g/mol. The molecule has 0 radical (unpaired) electrons. The molecule has 5 rings (SSSR count). The molecule has 0 atom stereocenters. The smallest absolute Gasteiger partial charge is 0.191 e. The minimum Gasteiger partial charge on any atom is -0.497 e. The largest absolute Gasteiger partial charge is 0.497 e. The van der Waals surface area contributed by atoms with Crippen molar-refractivity contribution in [2.45, 2.75) is 25.7 Å². The summed E-state index contributed by atoms with van der Waals surface area (Å²) in [7, 11) is 4.66. The number of hydrazone groups is 1. The summed E-state index contributed by atoms with van der Waals surface area (Å²) in [6, 6.07) is 14.9. The molecule has 0 saturated carbocycles. The Balaban J connectivity index is 1.30. The topological polar surface area (TPSA) is 104 Å². The molecule has 0 amide bonds. The molecule has 1 fully saturated rings. The summed E-state index contributed by atoms with van der Waals surface area (Å²) in [4.78, 5) is 6.97. The predicted molar refractivity (Wildman–Crippen MR) is 182 cm³/mol. The van der Waals surface area contributed by atoms with E-state index in [0.29, 0.717) is 57.5 Å². The van der Waals surface area contributed by atoms with Crippen LogP contribution in [0.25, 0.3) is 10.9 Å². The first-order valence-electron chi connectivity index (χ1n) is 15.0. The Bertz CT molecular complexity index is 1680. The molecule has 2 heterocycles. The Hall–Kier alpha value is -4.68. The molecule has 0 spiro atoms. The number of hydrogen-bond acceptors (Lipinski definition) is 9. The Labute approximate surface area is 273 Å². The second kappa shape index (κ2) is 15.5. The van der Waals surface area contributed by atoms with Crippen LogP contribution >= 0.6 is 12.2 Å². The monoisotopic (exact) mass is 647 g/mol. The number of rotatable bonds is 13. The first kappa shape index (κ1) is 32.7. The second-order valence-electron chi connectivity index (χ2n) is 10.7. The average Bonchev–Trinajstić information content (AvgIpc) is 3.07. The summed E-state index contributed by atoms with van der Waals surface area (Å²) in [6.07, 6.45) is 7.83. The fourth-order valence-corrected chi connectivity index (χ4v) is 5.38. The lowest BCUT2D eigenvalue weighted by Crippen LogP contribution is -2.31. The van der Waals surface area contributed by atoms with Crippen molar-refractivity contribution in [3.8, 4) is 34.5 Å². The van der Waals surface area contributed by atoms with Crippen LogP contribution < -0.4 is 34.4 Å². The van der Waals surface area contributed by atoms with Crippen LogP contribution in [-0.4, -0.2) is 68.8 Å². The minimum atomic E-state index is -0.584. The van der Waals surface area contributed by atoms with Gasteiger partial charge in [-0.1, -0.05) is 6.42 Å². The number of aromatic nitrogens is 1. The zero-order valence-electron chi connectivity index (χ0n) is 26.2. The van der Waals surface area contributed by atoms with Gasteiger partial charge in [0.25, 0.3) is 0 Å². The van der Waals surface area contributed by atoms with E-state index in [4.69, 9.17) is 41.6 Å². The van der Waals surface area contributed by atoms with Crippen molar-refractivity contribution in [1.82, 2.24) is 9.88 Å². The van der Waals surface area contributed by atoms with E-state index < -0.39 is 5.82 Å². The standard InChI is InChI=1S/C34H38FN5O5S/c1-41-25-17-24(18-26(19-25)42-2)40(34(36)46)38-22-23-8-9-31(28(35)16-23)45-30-10-11-37-29-21-33(32(43-3)20-27(29)30)44-15-7-14-39-12-5-4-6-13-39/h8-11,16-22H,4-7,12-15H2,1-3H3,(H2,36,46). The third kappa shape index (κ3) is 8.12. The van der Waals surface area contributed by atoms with Crippen LogP contribution in [0.15, 0.2) is 65.9 Å². The molecule has 0 aliphatic carbocycles. The van der Waals surface area contributed by atoms with Crippen molar-refractivity contribution in [2.75, 3.05) is 52.6 Å². The number of halogens is 1. The van der Waals surface area contributed by atoms with Gasteiger partial charge in [-0.2, -0.15) is 5.10 Å². The number of thiocarbonyl (C=S) groups is 1. The van der Waals surface area contributed by atoms with Crippen molar-refractivity contribution < 1.29 is 28.1 Å². The third-order valence-corrected chi connectivity index (χ3v) is 7.77. The Kier molecular flexibility index (Phi) is 11.1. The predicted octanol–water partition coefficient (Wildman–Crippen LogP) is 6.53. The minimum absolute atomic E-state index is 0.0158. The molecular formula is C34H38FN5O5S. The van der Waals surface area contributed by atoms with E-state index in [0.717, 1.165) is 26.1 Å². The van der Waals surface area contributed by atoms with E-state index in [2.05, 4.69) is 15.0 Å². The summed E-state index contributed by atoms with van der Waals surface area (Å²) in [5.41, 5.74) is 7.56. The molecule has 0 unspecified atom stereocenters. The second-order valence-corrected chi connectivity index (χ2v) is 11.1. The van der Waals surface area contributed by atoms with Crippen LogP contribution in [0.4, 0.5) is 10.1 Å². The summed E-state index contributed by atoms with van der Waals surface area (Å²) < 4.78 is 43.7. The highest BCUT2D eigenvalue weighted by Gasteiger charge is 2.16. The van der Waals surface area contributed by atoms with Gasteiger partial charge in [-0.15, -0.1) is 0 Å². The molecule has 2 N–H and O–H groups in total. The number of hydrogen-bond donors (Lipinski definition) is 1. The number of ether oxygens (including phenoxy) is 5. The van der Waals surface area contributed by atoms with Gasteiger partial charge in [-0.3, -0.25) is 4.98 Å². The van der Waals surface area contributed by atoms with E-state index in [9.17, 15) is 0 Å². The van der Waals surface area contributed by atoms with Crippen LogP contribution in [0.3, 0.4) is 0 Å². The maximum atomic E-state index is 15.3. The zero-order chi connectivity index (χ0) is 32.5. The average molecular weight is 648 g/mol. The highest BCUT2D eigenvalue weighted by Crippen LogP contribution is 2.38. The lowest BCUT2D eigenvalue weighted by molar-refractivity contribution is 0.203. The molecule has 1 aliphatic rings. The van der Waals surface area contributed by atoms with Crippen molar-refractivity contribution in [3.63, 3.8) is 0 Å². The number of anilines is 1. The fraction of sp³-hybridized carbons (Fsp3) is 0.324. The number of pyridine rings is 1. The number of nitrogens with zero attached hydrogens (tertiary/aromatic N) is 4. The first-order valence-corrected chi connectivity index (χ1v) is 15.4. The molecule has 1 saturated heterocycles. The maximum Gasteiger partial charge on any atom is 0.191 e. The van der Waals surface area contributed by atoms with Gasteiger partial charge in [0.1, 0.15) is 17.2 Å². The van der Waals surface area contributed by atoms with E-state index in [1.54, 1.807) is 49.7 Å². The fourth-order valence-electron chi connectivity index (χ4n) is 5.23. The van der Waals surface area contributed by atoms with Gasteiger partial charge in [0, 0.05) is 42.4 Å². The van der Waals surface area contributed by atoms with E-state index >= 15 is 4.39 Å². The van der Waals surface area contributed by atoms with Gasteiger partial charge in [0.2, 0.25) is 0 Å².